The third-order valence-electron chi connectivity index (χ3n) is 8.48. The van der Waals surface area contributed by atoms with Gasteiger partial charge in [0.1, 0.15) is 5.54 Å². The molecule has 0 N–H and O–H groups in total. The van der Waals surface area contributed by atoms with E-state index >= 15 is 0 Å². The van der Waals surface area contributed by atoms with Crippen LogP contribution in [0, 0.1) is 0 Å². The lowest BCUT2D eigenvalue weighted by molar-refractivity contribution is -0.255. The number of aromatic carboxylic acids is 1. The lowest BCUT2D eigenvalue weighted by Crippen LogP contribution is -2.39. The van der Waals surface area contributed by atoms with Crippen LogP contribution in [-0.2, 0) is 12.1 Å². The highest BCUT2D eigenvalue weighted by Gasteiger charge is 2.42. The Morgan fingerprint density at radius 2 is 1.19 bits per heavy atom. The van der Waals surface area contributed by atoms with E-state index in [1.807, 2.05) is 108 Å². The number of benzene rings is 5. The summed E-state index contributed by atoms with van der Waals surface area (Å²) in [6.07, 6.45) is 0.640. The number of carboxylic acid groups (broad SMARTS) is 1. The largest absolute Gasteiger partial charge is 0.543 e. The molecule has 8 heteroatoms. The molecule has 8 nitrogen and oxygen atoms in total. The van der Waals surface area contributed by atoms with Crippen molar-refractivity contribution in [2.24, 2.45) is 0 Å². The van der Waals surface area contributed by atoms with Crippen LogP contribution in [0.25, 0.3) is 22.5 Å². The van der Waals surface area contributed by atoms with Crippen molar-refractivity contribution >= 4 is 12.3 Å². The minimum atomic E-state index is -1.33. The summed E-state index contributed by atoms with van der Waals surface area (Å²) in [5.41, 5.74) is 5.84. The van der Waals surface area contributed by atoms with E-state index in [2.05, 4.69) is 46.7 Å². The molecule has 228 valence electrons. The van der Waals surface area contributed by atoms with Gasteiger partial charge in [-0.15, -0.1) is 5.10 Å². The average Bonchev–Trinajstić information content (AvgIpc) is 3.78. The van der Waals surface area contributed by atoms with Crippen molar-refractivity contribution < 1.29 is 14.7 Å². The van der Waals surface area contributed by atoms with Crippen molar-refractivity contribution in [3.8, 4) is 22.5 Å². The van der Waals surface area contributed by atoms with Gasteiger partial charge < -0.3 is 14.5 Å². The van der Waals surface area contributed by atoms with Gasteiger partial charge in [0.25, 0.3) is 0 Å². The first-order valence-electron chi connectivity index (χ1n) is 15.1. The van der Waals surface area contributed by atoms with Crippen molar-refractivity contribution in [3.63, 3.8) is 0 Å². The van der Waals surface area contributed by atoms with Gasteiger partial charge in [-0.1, -0.05) is 140 Å². The molecule has 0 aliphatic carbocycles. The number of hydrogen-bond donors (Lipinski definition) is 0. The quantitative estimate of drug-likeness (QED) is 0.141. The van der Waals surface area contributed by atoms with Crippen LogP contribution >= 0.6 is 0 Å². The number of carbonyl (C=O) groups is 2. The molecule has 0 fully saturated rings. The van der Waals surface area contributed by atoms with Crippen LogP contribution in [0.5, 0.6) is 0 Å². The van der Waals surface area contributed by atoms with Crippen molar-refractivity contribution in [3.05, 3.63) is 185 Å². The highest BCUT2D eigenvalue weighted by Crippen LogP contribution is 2.43. The molecule has 0 aliphatic heterocycles. The molecule has 0 atom stereocenters. The molecular weight excluding hydrogens is 586 g/mol. The van der Waals surface area contributed by atoms with Gasteiger partial charge in [0, 0.05) is 12.1 Å². The van der Waals surface area contributed by atoms with Crippen molar-refractivity contribution in [1.82, 2.24) is 24.8 Å². The van der Waals surface area contributed by atoms with Crippen LogP contribution in [0.1, 0.15) is 43.2 Å². The fourth-order valence-corrected chi connectivity index (χ4v) is 6.33. The normalized spacial score (nSPS) is 11.3. The smallest absolute Gasteiger partial charge is 0.184 e. The van der Waals surface area contributed by atoms with Crippen molar-refractivity contribution in [2.45, 2.75) is 12.1 Å². The van der Waals surface area contributed by atoms with E-state index in [9.17, 15) is 14.7 Å². The molecular formula is C39H28N5O3-. The molecule has 0 saturated carbocycles. The molecule has 0 unspecified atom stereocenters. The number of aldehydes is 1. The standard InChI is InChI=1S/C39H29N5O3/c45-27-33-24-25-36(38(46)47)43(33)26-28-20-22-29(23-21-28)34-18-10-11-19-35(34)37-40-41-42-44(37)39(30-12-4-1-5-13-30,31-14-6-2-7-15-31)32-16-8-3-9-17-32/h1-25,27H,26H2,(H,46,47)/p-1. The Hall–Kier alpha value is -6.41. The van der Waals surface area contributed by atoms with Crippen LogP contribution in [0.2, 0.25) is 0 Å². The SMILES string of the molecule is O=Cc1ccc(C(=O)[O-])n1Cc1ccc(-c2ccccc2-c2nnnn2C(c2ccccc2)(c2ccccc2)c2ccccc2)cc1. The van der Waals surface area contributed by atoms with Gasteiger partial charge in [-0.05, 0) is 55.9 Å². The lowest BCUT2D eigenvalue weighted by Gasteiger charge is -2.36. The highest BCUT2D eigenvalue weighted by molar-refractivity contribution is 5.87. The predicted octanol–water partition coefficient (Wildman–Crippen LogP) is 5.87. The van der Waals surface area contributed by atoms with Crippen LogP contribution in [-0.4, -0.2) is 37.0 Å². The van der Waals surface area contributed by atoms with Gasteiger partial charge in [-0.25, -0.2) is 4.68 Å². The van der Waals surface area contributed by atoms with Gasteiger partial charge in [0.15, 0.2) is 12.1 Å². The summed E-state index contributed by atoms with van der Waals surface area (Å²) in [5.74, 6) is -0.748. The van der Waals surface area contributed by atoms with E-state index in [1.54, 1.807) is 0 Å². The summed E-state index contributed by atoms with van der Waals surface area (Å²) in [6.45, 7) is 0.207. The van der Waals surface area contributed by atoms with E-state index in [0.717, 1.165) is 38.9 Å². The first-order chi connectivity index (χ1) is 23.1. The Labute approximate surface area is 271 Å². The first kappa shape index (κ1) is 29.3. The van der Waals surface area contributed by atoms with Crippen LogP contribution < -0.4 is 5.11 Å². The Kier molecular flexibility index (Phi) is 7.81. The number of tetrazole rings is 1. The Balaban J connectivity index is 1.37. The third-order valence-corrected chi connectivity index (χ3v) is 8.48. The maximum atomic E-state index is 11.6. The zero-order valence-corrected chi connectivity index (χ0v) is 25.2. The fraction of sp³-hybridized carbons (Fsp3) is 0.0513. The van der Waals surface area contributed by atoms with Crippen LogP contribution in [0.15, 0.2) is 152 Å². The highest BCUT2D eigenvalue weighted by atomic mass is 16.4. The van der Waals surface area contributed by atoms with Crippen LogP contribution in [0.3, 0.4) is 0 Å². The van der Waals surface area contributed by atoms with Crippen molar-refractivity contribution in [1.29, 1.82) is 0 Å². The fourth-order valence-electron chi connectivity index (χ4n) is 6.33. The molecule has 0 aliphatic rings. The third kappa shape index (κ3) is 5.21. The molecule has 47 heavy (non-hydrogen) atoms. The van der Waals surface area contributed by atoms with Crippen LogP contribution in [0.4, 0.5) is 0 Å². The maximum absolute atomic E-state index is 11.6. The number of rotatable bonds is 10. The minimum Gasteiger partial charge on any atom is -0.543 e. The molecule has 0 amide bonds. The van der Waals surface area contributed by atoms with Crippen molar-refractivity contribution in [2.75, 3.05) is 0 Å². The van der Waals surface area contributed by atoms with E-state index in [0.29, 0.717) is 12.1 Å². The molecule has 2 aromatic heterocycles. The van der Waals surface area contributed by atoms with Gasteiger partial charge in [-0.3, -0.25) is 4.79 Å². The molecule has 0 bridgehead atoms. The molecule has 0 radical (unpaired) electrons. The molecule has 2 heterocycles. The topological polar surface area (TPSA) is 106 Å². The number of hydrogen-bond acceptors (Lipinski definition) is 6. The first-order valence-corrected chi connectivity index (χ1v) is 15.1. The molecule has 5 aromatic carbocycles. The van der Waals surface area contributed by atoms with E-state index in [-0.39, 0.29) is 17.9 Å². The Bertz CT molecular complexity index is 2060. The summed E-state index contributed by atoms with van der Waals surface area (Å²) in [4.78, 5) is 23.2. The second-order valence-electron chi connectivity index (χ2n) is 11.1. The number of nitrogens with zero attached hydrogens (tertiary/aromatic N) is 5. The number of carboxylic acids is 1. The molecule has 7 rings (SSSR count). The second-order valence-corrected chi connectivity index (χ2v) is 11.1. The molecule has 0 saturated heterocycles. The van der Waals surface area contributed by atoms with Gasteiger partial charge in [0.05, 0.1) is 17.4 Å². The summed E-state index contributed by atoms with van der Waals surface area (Å²) in [5, 5.41) is 25.2. The lowest BCUT2D eigenvalue weighted by atomic mass is 9.77. The molecule has 0 spiro atoms. The van der Waals surface area contributed by atoms with E-state index < -0.39 is 11.5 Å². The Morgan fingerprint density at radius 1 is 0.660 bits per heavy atom. The second kappa shape index (κ2) is 12.5. The maximum Gasteiger partial charge on any atom is 0.184 e. The number of carbonyl (C=O) groups excluding carboxylic acids is 2. The summed E-state index contributed by atoms with van der Waals surface area (Å²) in [6, 6.07) is 49.4. The summed E-state index contributed by atoms with van der Waals surface area (Å²) < 4.78 is 3.35. The predicted molar refractivity (Wildman–Crippen MR) is 177 cm³/mol. The number of aromatic nitrogens is 5. The van der Waals surface area contributed by atoms with E-state index in [1.165, 1.54) is 16.7 Å². The zero-order chi connectivity index (χ0) is 32.2. The minimum absolute atomic E-state index is 0.0490. The molecule has 7 aromatic rings. The average molecular weight is 615 g/mol. The monoisotopic (exact) mass is 614 g/mol. The summed E-state index contributed by atoms with van der Waals surface area (Å²) >= 11 is 0. The summed E-state index contributed by atoms with van der Waals surface area (Å²) in [7, 11) is 0. The zero-order valence-electron chi connectivity index (χ0n) is 25.2. The van der Waals surface area contributed by atoms with Gasteiger partial charge in [-0.2, -0.15) is 0 Å². The van der Waals surface area contributed by atoms with E-state index in [4.69, 9.17) is 5.21 Å². The van der Waals surface area contributed by atoms with Gasteiger partial charge >= 0.3 is 0 Å². The Morgan fingerprint density at radius 3 is 1.72 bits per heavy atom. The van der Waals surface area contributed by atoms with Gasteiger partial charge in [0.2, 0.25) is 0 Å².